The summed E-state index contributed by atoms with van der Waals surface area (Å²) >= 11 is 0. The molecule has 0 saturated heterocycles. The molecular weight excluding hydrogens is 414 g/mol. The SMILES string of the molecule is CC(=O)[C@H]1CC[C@H]2[C@@H]3CC[C@H]4C[C@@H](CC(NC(C)(C)CO)C(=O)[O-])CC[C@]4(C)[C@H]3CC[C@]12C. The fourth-order valence-electron chi connectivity index (χ4n) is 9.29. The first kappa shape index (κ1) is 25.2. The van der Waals surface area contributed by atoms with Crippen molar-refractivity contribution in [1.82, 2.24) is 5.32 Å². The van der Waals surface area contributed by atoms with E-state index in [0.717, 1.165) is 31.1 Å². The molecule has 4 aliphatic rings. The number of carboxylic acids is 1. The monoisotopic (exact) mass is 460 g/mol. The van der Waals surface area contributed by atoms with Gasteiger partial charge in [0.15, 0.2) is 0 Å². The van der Waals surface area contributed by atoms with Crippen LogP contribution >= 0.6 is 0 Å². The van der Waals surface area contributed by atoms with Crippen LogP contribution in [-0.2, 0) is 9.59 Å². The van der Waals surface area contributed by atoms with E-state index in [9.17, 15) is 19.8 Å². The van der Waals surface area contributed by atoms with Crippen LogP contribution in [0.15, 0.2) is 0 Å². The zero-order valence-electron chi connectivity index (χ0n) is 21.5. The van der Waals surface area contributed by atoms with E-state index in [0.29, 0.717) is 35.4 Å². The zero-order chi connectivity index (χ0) is 24.2. The van der Waals surface area contributed by atoms with Gasteiger partial charge in [-0.15, -0.1) is 0 Å². The summed E-state index contributed by atoms with van der Waals surface area (Å²) in [4.78, 5) is 24.2. The van der Waals surface area contributed by atoms with Crippen molar-refractivity contribution in [2.45, 2.75) is 110 Å². The number of aliphatic hydroxyl groups excluding tert-OH is 1. The summed E-state index contributed by atoms with van der Waals surface area (Å²) in [6.45, 7) is 10.3. The minimum Gasteiger partial charge on any atom is -0.548 e. The third-order valence-electron chi connectivity index (χ3n) is 11.1. The van der Waals surface area contributed by atoms with Crippen LogP contribution in [0.5, 0.6) is 0 Å². The van der Waals surface area contributed by atoms with Gasteiger partial charge in [-0.05, 0) is 125 Å². The quantitative estimate of drug-likeness (QED) is 0.604. The minimum atomic E-state index is -1.05. The third kappa shape index (κ3) is 4.42. The van der Waals surface area contributed by atoms with Gasteiger partial charge < -0.3 is 20.3 Å². The summed E-state index contributed by atoms with van der Waals surface area (Å²) in [6, 6.07) is -0.713. The van der Waals surface area contributed by atoms with Crippen LogP contribution in [-0.4, -0.2) is 35.0 Å². The number of hydrogen-bond acceptors (Lipinski definition) is 5. The van der Waals surface area contributed by atoms with E-state index in [-0.39, 0.29) is 17.9 Å². The topological polar surface area (TPSA) is 89.5 Å². The fourth-order valence-corrected chi connectivity index (χ4v) is 9.29. The Kier molecular flexibility index (Phi) is 6.81. The zero-order valence-corrected chi connectivity index (χ0v) is 21.5. The molecular formula is C28H46NO4-. The lowest BCUT2D eigenvalue weighted by atomic mass is 9.44. The fraction of sp³-hybridized carbons (Fsp3) is 0.929. The van der Waals surface area contributed by atoms with Crippen LogP contribution in [0.1, 0.15) is 98.8 Å². The van der Waals surface area contributed by atoms with Crippen molar-refractivity contribution >= 4 is 11.8 Å². The number of carbonyl (C=O) groups excluding carboxylic acids is 2. The van der Waals surface area contributed by atoms with Crippen LogP contribution in [0.4, 0.5) is 0 Å². The van der Waals surface area contributed by atoms with Crippen molar-refractivity contribution in [3.8, 4) is 0 Å². The number of aliphatic carboxylic acids is 1. The summed E-state index contributed by atoms with van der Waals surface area (Å²) in [7, 11) is 0. The molecule has 2 N–H and O–H groups in total. The Morgan fingerprint density at radius 1 is 1.03 bits per heavy atom. The number of rotatable bonds is 7. The lowest BCUT2D eigenvalue weighted by molar-refractivity contribution is -0.309. The lowest BCUT2D eigenvalue weighted by Gasteiger charge is -2.61. The van der Waals surface area contributed by atoms with Gasteiger partial charge in [-0.3, -0.25) is 4.79 Å². The van der Waals surface area contributed by atoms with Crippen LogP contribution in [0, 0.1) is 46.3 Å². The number of ketones is 1. The van der Waals surface area contributed by atoms with E-state index < -0.39 is 17.6 Å². The highest BCUT2D eigenvalue weighted by Crippen LogP contribution is 2.67. The second kappa shape index (κ2) is 8.93. The highest BCUT2D eigenvalue weighted by atomic mass is 16.4. The van der Waals surface area contributed by atoms with Crippen LogP contribution in [0.25, 0.3) is 0 Å². The van der Waals surface area contributed by atoms with E-state index in [1.54, 1.807) is 6.92 Å². The molecule has 0 aromatic heterocycles. The molecule has 188 valence electrons. The molecule has 0 amide bonds. The first-order chi connectivity index (χ1) is 15.4. The van der Waals surface area contributed by atoms with E-state index in [1.165, 1.54) is 38.5 Å². The van der Waals surface area contributed by atoms with Crippen molar-refractivity contribution in [2.75, 3.05) is 6.61 Å². The van der Waals surface area contributed by atoms with Crippen molar-refractivity contribution in [2.24, 2.45) is 46.3 Å². The molecule has 0 spiro atoms. The van der Waals surface area contributed by atoms with Gasteiger partial charge in [-0.2, -0.15) is 0 Å². The molecule has 0 aliphatic heterocycles. The Labute approximate surface area is 200 Å². The maximum atomic E-state index is 12.4. The Hall–Kier alpha value is -0.940. The average Bonchev–Trinajstić information content (AvgIpc) is 3.10. The molecule has 0 heterocycles. The molecule has 5 heteroatoms. The van der Waals surface area contributed by atoms with E-state index in [2.05, 4.69) is 19.2 Å². The second-order valence-corrected chi connectivity index (χ2v) is 13.4. The molecule has 5 nitrogen and oxygen atoms in total. The summed E-state index contributed by atoms with van der Waals surface area (Å²) < 4.78 is 0. The van der Waals surface area contributed by atoms with Gasteiger partial charge in [0.05, 0.1) is 12.6 Å². The predicted octanol–water partition coefficient (Wildman–Crippen LogP) is 3.72. The second-order valence-electron chi connectivity index (χ2n) is 13.4. The number of carbonyl (C=O) groups is 2. The Bertz CT molecular complexity index is 765. The molecule has 4 aliphatic carbocycles. The Balaban J connectivity index is 1.44. The average molecular weight is 461 g/mol. The number of aliphatic hydroxyl groups is 1. The third-order valence-corrected chi connectivity index (χ3v) is 11.1. The molecule has 1 unspecified atom stereocenters. The predicted molar refractivity (Wildman–Crippen MR) is 127 cm³/mol. The number of fused-ring (bicyclic) bond motifs is 5. The highest BCUT2D eigenvalue weighted by molar-refractivity contribution is 5.79. The largest absolute Gasteiger partial charge is 0.548 e. The van der Waals surface area contributed by atoms with Gasteiger partial charge in [0.25, 0.3) is 0 Å². The first-order valence-corrected chi connectivity index (χ1v) is 13.5. The van der Waals surface area contributed by atoms with Crippen LogP contribution < -0.4 is 10.4 Å². The van der Waals surface area contributed by atoms with Crippen LogP contribution in [0.2, 0.25) is 0 Å². The summed E-state index contributed by atoms with van der Waals surface area (Å²) in [5, 5.41) is 24.5. The summed E-state index contributed by atoms with van der Waals surface area (Å²) in [6.07, 6.45) is 11.3. The standard InChI is InChI=1S/C28H47NO4/c1-17(31)21-8-9-22-20-7-6-19-14-18(15-24(25(32)33)29-26(2,3)16-30)10-12-27(19,4)23(20)11-13-28(21,22)5/h18-24,29-30H,6-16H2,1-5H3,(H,32,33)/p-1/t18-,19-,20-,21+,22-,23-,24?,27-,28+/m0/s1. The molecule has 33 heavy (non-hydrogen) atoms. The van der Waals surface area contributed by atoms with Crippen LogP contribution in [0.3, 0.4) is 0 Å². The van der Waals surface area contributed by atoms with Crippen molar-refractivity contribution in [3.05, 3.63) is 0 Å². The molecule has 9 atom stereocenters. The first-order valence-electron chi connectivity index (χ1n) is 13.5. The van der Waals surface area contributed by atoms with Gasteiger partial charge in [-0.25, -0.2) is 0 Å². The molecule has 4 saturated carbocycles. The molecule has 4 rings (SSSR count). The number of carboxylic acid groups (broad SMARTS) is 1. The van der Waals surface area contributed by atoms with Gasteiger partial charge >= 0.3 is 0 Å². The molecule has 0 radical (unpaired) electrons. The van der Waals surface area contributed by atoms with Crippen molar-refractivity contribution in [3.63, 3.8) is 0 Å². The maximum absolute atomic E-state index is 12.4. The molecule has 4 fully saturated rings. The van der Waals surface area contributed by atoms with Crippen molar-refractivity contribution in [1.29, 1.82) is 0 Å². The lowest BCUT2D eigenvalue weighted by Crippen LogP contribution is -2.57. The Morgan fingerprint density at radius 2 is 1.70 bits per heavy atom. The summed E-state index contributed by atoms with van der Waals surface area (Å²) in [5.41, 5.74) is -0.0656. The van der Waals surface area contributed by atoms with E-state index in [1.807, 2.05) is 13.8 Å². The molecule has 0 aromatic carbocycles. The number of nitrogens with one attached hydrogen (secondary N) is 1. The number of hydrogen-bond donors (Lipinski definition) is 2. The van der Waals surface area contributed by atoms with Gasteiger partial charge in [0, 0.05) is 17.5 Å². The maximum Gasteiger partial charge on any atom is 0.133 e. The van der Waals surface area contributed by atoms with Gasteiger partial charge in [-0.1, -0.05) is 13.8 Å². The van der Waals surface area contributed by atoms with Gasteiger partial charge in [0.2, 0.25) is 0 Å². The van der Waals surface area contributed by atoms with Crippen molar-refractivity contribution < 1.29 is 19.8 Å². The van der Waals surface area contributed by atoms with E-state index in [4.69, 9.17) is 0 Å². The summed E-state index contributed by atoms with van der Waals surface area (Å²) in [5.74, 6) is 2.89. The Morgan fingerprint density at radius 3 is 2.33 bits per heavy atom. The molecule has 0 aromatic rings. The normalized spacial score (nSPS) is 43.8. The minimum absolute atomic E-state index is 0.101. The van der Waals surface area contributed by atoms with Gasteiger partial charge in [0.1, 0.15) is 5.78 Å². The highest BCUT2D eigenvalue weighted by Gasteiger charge is 2.60. The molecule has 0 bridgehead atoms. The van der Waals surface area contributed by atoms with E-state index >= 15 is 0 Å². The number of Topliss-reactive ketones (excluding diaryl/α,β-unsaturated/α-hetero) is 1. The smallest absolute Gasteiger partial charge is 0.133 e.